The Hall–Kier alpha value is -1.31. The molecule has 0 radical (unpaired) electrons. The summed E-state index contributed by atoms with van der Waals surface area (Å²) in [7, 11) is 1.76. The van der Waals surface area contributed by atoms with Crippen LogP contribution in [0.4, 0.5) is 5.82 Å². The second kappa shape index (κ2) is 4.80. The Labute approximate surface area is 87.4 Å². The van der Waals surface area contributed by atoms with Gasteiger partial charge in [0.25, 0.3) is 0 Å². The predicted octanol–water partition coefficient (Wildman–Crippen LogP) is 1.04. The van der Waals surface area contributed by atoms with E-state index in [9.17, 15) is 0 Å². The number of pyridine rings is 1. The van der Waals surface area contributed by atoms with Gasteiger partial charge in [-0.25, -0.2) is 4.98 Å². The average Bonchev–Trinajstić information content (AvgIpc) is 2.18. The van der Waals surface area contributed by atoms with Crippen LogP contribution >= 0.6 is 11.6 Å². The van der Waals surface area contributed by atoms with E-state index in [1.807, 2.05) is 6.07 Å². The Kier molecular flexibility index (Phi) is 3.69. The number of hydrogen-bond acceptors (Lipinski definition) is 4. The van der Waals surface area contributed by atoms with Crippen molar-refractivity contribution in [3.05, 3.63) is 22.8 Å². The molecule has 0 saturated heterocycles. The maximum atomic E-state index is 8.74. The minimum absolute atomic E-state index is 0.0191. The molecule has 1 aromatic rings. The quantitative estimate of drug-likeness (QED) is 0.812. The topological polar surface area (TPSA) is 60.1 Å². The summed E-state index contributed by atoms with van der Waals surface area (Å²) in [6, 6.07) is 3.53. The van der Waals surface area contributed by atoms with Crippen molar-refractivity contribution < 1.29 is 5.11 Å². The van der Waals surface area contributed by atoms with Gasteiger partial charge in [-0.1, -0.05) is 11.6 Å². The SMILES string of the molecule is CN(CCO)c1nccc(C#N)c1Cl. The molecule has 1 aromatic heterocycles. The Balaban J connectivity index is 3.04. The molecule has 0 amide bonds. The molecule has 4 nitrogen and oxygen atoms in total. The number of hydrogen-bond donors (Lipinski definition) is 1. The summed E-state index contributed by atoms with van der Waals surface area (Å²) in [5.74, 6) is 0.514. The van der Waals surface area contributed by atoms with E-state index in [4.69, 9.17) is 22.0 Å². The van der Waals surface area contributed by atoms with Crippen LogP contribution < -0.4 is 4.90 Å². The van der Waals surface area contributed by atoms with Crippen molar-refractivity contribution >= 4 is 17.4 Å². The zero-order valence-electron chi connectivity index (χ0n) is 7.74. The van der Waals surface area contributed by atoms with Crippen molar-refractivity contribution in [2.75, 3.05) is 25.1 Å². The summed E-state index contributed by atoms with van der Waals surface area (Å²) in [5.41, 5.74) is 0.390. The van der Waals surface area contributed by atoms with Crippen molar-refractivity contribution in [2.24, 2.45) is 0 Å². The zero-order chi connectivity index (χ0) is 10.6. The van der Waals surface area contributed by atoms with Crippen LogP contribution in [-0.4, -0.2) is 30.3 Å². The molecule has 14 heavy (non-hydrogen) atoms. The molecule has 0 spiro atoms. The largest absolute Gasteiger partial charge is 0.395 e. The third-order valence-electron chi connectivity index (χ3n) is 1.79. The highest BCUT2D eigenvalue weighted by Crippen LogP contribution is 2.24. The molecule has 0 unspecified atom stereocenters. The van der Waals surface area contributed by atoms with Crippen molar-refractivity contribution in [1.82, 2.24) is 4.98 Å². The lowest BCUT2D eigenvalue weighted by Gasteiger charge is -2.17. The summed E-state index contributed by atoms with van der Waals surface area (Å²) in [4.78, 5) is 5.73. The van der Waals surface area contributed by atoms with Gasteiger partial charge in [-0.05, 0) is 6.07 Å². The average molecular weight is 212 g/mol. The molecule has 0 fully saturated rings. The molecule has 0 aliphatic carbocycles. The number of nitriles is 1. The second-order valence-electron chi connectivity index (χ2n) is 2.75. The molecule has 0 aliphatic rings. The molecule has 1 rings (SSSR count). The molecule has 1 heterocycles. The zero-order valence-corrected chi connectivity index (χ0v) is 8.49. The predicted molar refractivity (Wildman–Crippen MR) is 54.3 cm³/mol. The first-order valence-corrected chi connectivity index (χ1v) is 4.45. The molecule has 0 atom stereocenters. The lowest BCUT2D eigenvalue weighted by Crippen LogP contribution is -2.22. The van der Waals surface area contributed by atoms with Crippen LogP contribution in [0.25, 0.3) is 0 Å². The molecule has 1 N–H and O–H groups in total. The van der Waals surface area contributed by atoms with Gasteiger partial charge in [0.15, 0.2) is 0 Å². The minimum atomic E-state index is 0.0191. The Morgan fingerprint density at radius 3 is 3.00 bits per heavy atom. The van der Waals surface area contributed by atoms with Gasteiger partial charge in [-0.15, -0.1) is 0 Å². The van der Waals surface area contributed by atoms with E-state index < -0.39 is 0 Å². The number of aromatic nitrogens is 1. The fourth-order valence-electron chi connectivity index (χ4n) is 1.04. The van der Waals surface area contributed by atoms with E-state index >= 15 is 0 Å². The second-order valence-corrected chi connectivity index (χ2v) is 3.13. The Morgan fingerprint density at radius 1 is 1.71 bits per heavy atom. The van der Waals surface area contributed by atoms with Crippen LogP contribution in [0.2, 0.25) is 5.02 Å². The van der Waals surface area contributed by atoms with Crippen LogP contribution in [-0.2, 0) is 0 Å². The Bertz CT molecular complexity index is 362. The highest BCUT2D eigenvalue weighted by molar-refractivity contribution is 6.34. The molecule has 0 aliphatic heterocycles. The minimum Gasteiger partial charge on any atom is -0.395 e. The summed E-state index contributed by atoms with van der Waals surface area (Å²) in [6.07, 6.45) is 1.52. The van der Waals surface area contributed by atoms with Gasteiger partial charge in [0.05, 0.1) is 12.2 Å². The van der Waals surface area contributed by atoms with Gasteiger partial charge < -0.3 is 10.0 Å². The number of likely N-dealkylation sites (N-methyl/N-ethyl adjacent to an activating group) is 1. The number of aliphatic hydroxyl groups excluding tert-OH is 1. The van der Waals surface area contributed by atoms with Crippen LogP contribution in [0.15, 0.2) is 12.3 Å². The molecule has 5 heteroatoms. The smallest absolute Gasteiger partial charge is 0.148 e. The molecular formula is C9H10ClN3O. The highest BCUT2D eigenvalue weighted by atomic mass is 35.5. The standard InChI is InChI=1S/C9H10ClN3O/c1-13(4-5-14)9-8(10)7(6-11)2-3-12-9/h2-3,14H,4-5H2,1H3. The van der Waals surface area contributed by atoms with Crippen molar-refractivity contribution in [3.8, 4) is 6.07 Å². The summed E-state index contributed by atoms with van der Waals surface area (Å²) in [6.45, 7) is 0.451. The van der Waals surface area contributed by atoms with Crippen LogP contribution in [0.3, 0.4) is 0 Å². The van der Waals surface area contributed by atoms with E-state index in [2.05, 4.69) is 4.98 Å². The number of aliphatic hydroxyl groups is 1. The monoisotopic (exact) mass is 211 g/mol. The molecule has 0 bridgehead atoms. The van der Waals surface area contributed by atoms with Crippen LogP contribution in [0.5, 0.6) is 0 Å². The Morgan fingerprint density at radius 2 is 2.43 bits per heavy atom. The fourth-order valence-corrected chi connectivity index (χ4v) is 1.34. The van der Waals surface area contributed by atoms with E-state index in [-0.39, 0.29) is 6.61 Å². The lowest BCUT2D eigenvalue weighted by molar-refractivity contribution is 0.304. The third kappa shape index (κ3) is 2.13. The number of rotatable bonds is 3. The van der Waals surface area contributed by atoms with Gasteiger partial charge >= 0.3 is 0 Å². The lowest BCUT2D eigenvalue weighted by atomic mass is 10.3. The normalized spacial score (nSPS) is 9.57. The molecule has 0 aromatic carbocycles. The maximum absolute atomic E-state index is 8.74. The number of nitrogens with zero attached hydrogens (tertiary/aromatic N) is 3. The van der Waals surface area contributed by atoms with E-state index in [1.54, 1.807) is 18.0 Å². The van der Waals surface area contributed by atoms with E-state index in [0.29, 0.717) is 22.9 Å². The van der Waals surface area contributed by atoms with Gasteiger partial charge in [0, 0.05) is 19.8 Å². The number of halogens is 1. The maximum Gasteiger partial charge on any atom is 0.148 e. The third-order valence-corrected chi connectivity index (χ3v) is 2.16. The van der Waals surface area contributed by atoms with Gasteiger partial charge in [-0.2, -0.15) is 5.26 Å². The molecule has 0 saturated carbocycles. The van der Waals surface area contributed by atoms with E-state index in [0.717, 1.165) is 0 Å². The van der Waals surface area contributed by atoms with Gasteiger partial charge in [0.1, 0.15) is 16.9 Å². The first-order valence-electron chi connectivity index (χ1n) is 4.07. The molecule has 74 valence electrons. The first-order chi connectivity index (χ1) is 6.70. The highest BCUT2D eigenvalue weighted by Gasteiger charge is 2.10. The van der Waals surface area contributed by atoms with Crippen molar-refractivity contribution in [2.45, 2.75) is 0 Å². The van der Waals surface area contributed by atoms with Crippen molar-refractivity contribution in [1.29, 1.82) is 5.26 Å². The summed E-state index contributed by atoms with van der Waals surface area (Å²) in [5, 5.41) is 17.8. The van der Waals surface area contributed by atoms with Crippen molar-refractivity contribution in [3.63, 3.8) is 0 Å². The number of anilines is 1. The summed E-state index contributed by atoms with van der Waals surface area (Å²) < 4.78 is 0. The molecular weight excluding hydrogens is 202 g/mol. The first kappa shape index (κ1) is 10.8. The van der Waals surface area contributed by atoms with Gasteiger partial charge in [0.2, 0.25) is 0 Å². The fraction of sp³-hybridized carbons (Fsp3) is 0.333. The van der Waals surface area contributed by atoms with Crippen LogP contribution in [0.1, 0.15) is 5.56 Å². The van der Waals surface area contributed by atoms with Gasteiger partial charge in [-0.3, -0.25) is 0 Å². The summed E-state index contributed by atoms with van der Waals surface area (Å²) >= 11 is 5.93. The van der Waals surface area contributed by atoms with E-state index in [1.165, 1.54) is 6.20 Å². The van der Waals surface area contributed by atoms with Crippen LogP contribution in [0, 0.1) is 11.3 Å².